The van der Waals surface area contributed by atoms with Crippen molar-refractivity contribution in [3.8, 4) is 0 Å². The SMILES string of the molecule is Cc1cc(SCC(=O)N(C2CC2)[C@H]2CCS(=O)(=O)C2)nc2c(C)cccc12. The van der Waals surface area contributed by atoms with Gasteiger partial charge in [0, 0.05) is 17.5 Å². The standard InChI is InChI=1S/C20H24N2O3S2/c1-13-4-3-5-17-14(2)10-18(21-20(13)17)26-11-19(23)22(15-6-7-15)16-8-9-27(24,25)12-16/h3-5,10,15-16H,6-9,11-12H2,1-2H3/t16-/m0/s1. The normalized spacial score (nSPS) is 21.5. The van der Waals surface area contributed by atoms with Gasteiger partial charge in [-0.2, -0.15) is 0 Å². The Bertz CT molecular complexity index is 1000. The van der Waals surface area contributed by atoms with Crippen LogP contribution in [0.2, 0.25) is 0 Å². The second-order valence-corrected chi connectivity index (χ2v) is 10.9. The molecule has 4 rings (SSSR count). The Morgan fingerprint density at radius 2 is 1.96 bits per heavy atom. The largest absolute Gasteiger partial charge is 0.335 e. The van der Waals surface area contributed by atoms with E-state index in [1.165, 1.54) is 11.8 Å². The van der Waals surface area contributed by atoms with Crippen molar-refractivity contribution in [1.29, 1.82) is 0 Å². The monoisotopic (exact) mass is 404 g/mol. The van der Waals surface area contributed by atoms with Crippen LogP contribution in [0.3, 0.4) is 0 Å². The van der Waals surface area contributed by atoms with Gasteiger partial charge in [0.2, 0.25) is 5.91 Å². The number of carbonyl (C=O) groups is 1. The van der Waals surface area contributed by atoms with E-state index in [9.17, 15) is 13.2 Å². The van der Waals surface area contributed by atoms with E-state index in [1.54, 1.807) is 0 Å². The Kier molecular flexibility index (Phi) is 4.93. The van der Waals surface area contributed by atoms with Gasteiger partial charge in [-0.05, 0) is 50.3 Å². The lowest BCUT2D eigenvalue weighted by atomic mass is 10.1. The lowest BCUT2D eigenvalue weighted by Crippen LogP contribution is -2.43. The number of amides is 1. The van der Waals surface area contributed by atoms with Crippen molar-refractivity contribution in [2.75, 3.05) is 17.3 Å². The van der Waals surface area contributed by atoms with Crippen molar-refractivity contribution in [2.45, 2.75) is 50.2 Å². The predicted molar refractivity (Wildman–Crippen MR) is 109 cm³/mol. The van der Waals surface area contributed by atoms with Gasteiger partial charge in [0.1, 0.15) is 0 Å². The number of hydrogen-bond donors (Lipinski definition) is 0. The molecule has 1 saturated heterocycles. The first-order chi connectivity index (χ1) is 12.8. The van der Waals surface area contributed by atoms with E-state index in [1.807, 2.05) is 30.0 Å². The maximum Gasteiger partial charge on any atom is 0.233 e. The number of benzene rings is 1. The Morgan fingerprint density at radius 3 is 2.63 bits per heavy atom. The maximum absolute atomic E-state index is 12.9. The molecule has 0 bridgehead atoms. The van der Waals surface area contributed by atoms with E-state index in [4.69, 9.17) is 4.98 Å². The minimum Gasteiger partial charge on any atom is -0.335 e. The summed E-state index contributed by atoms with van der Waals surface area (Å²) in [7, 11) is -2.99. The fraction of sp³-hybridized carbons (Fsp3) is 0.500. The van der Waals surface area contributed by atoms with Gasteiger partial charge in [-0.25, -0.2) is 13.4 Å². The summed E-state index contributed by atoms with van der Waals surface area (Å²) in [6, 6.07) is 8.25. The number of thioether (sulfide) groups is 1. The van der Waals surface area contributed by atoms with Crippen LogP contribution in [0.5, 0.6) is 0 Å². The van der Waals surface area contributed by atoms with Crippen molar-refractivity contribution >= 4 is 38.4 Å². The molecule has 1 aromatic heterocycles. The van der Waals surface area contributed by atoms with Gasteiger partial charge in [0.25, 0.3) is 0 Å². The molecule has 1 aromatic carbocycles. The maximum atomic E-state index is 12.9. The Balaban J connectivity index is 1.50. The van der Waals surface area contributed by atoms with E-state index in [2.05, 4.69) is 13.0 Å². The highest BCUT2D eigenvalue weighted by molar-refractivity contribution is 7.99. The van der Waals surface area contributed by atoms with Crippen LogP contribution in [0.1, 0.15) is 30.4 Å². The highest BCUT2D eigenvalue weighted by Gasteiger charge is 2.41. The Morgan fingerprint density at radius 1 is 1.19 bits per heavy atom. The molecule has 1 aliphatic heterocycles. The molecule has 2 aliphatic rings. The summed E-state index contributed by atoms with van der Waals surface area (Å²) in [5.41, 5.74) is 3.26. The fourth-order valence-corrected chi connectivity index (χ4v) is 6.42. The molecule has 0 radical (unpaired) electrons. The molecule has 2 aromatic rings. The number of para-hydroxylation sites is 1. The number of aryl methyl sites for hydroxylation is 2. The molecular formula is C20H24N2O3S2. The van der Waals surface area contributed by atoms with Crippen LogP contribution in [0.25, 0.3) is 10.9 Å². The highest BCUT2D eigenvalue weighted by Crippen LogP contribution is 2.33. The van der Waals surface area contributed by atoms with Crippen LogP contribution in [0.4, 0.5) is 0 Å². The zero-order valence-electron chi connectivity index (χ0n) is 15.6. The predicted octanol–water partition coefficient (Wildman–Crippen LogP) is 3.12. The zero-order valence-corrected chi connectivity index (χ0v) is 17.3. The number of carbonyl (C=O) groups excluding carboxylic acids is 1. The van der Waals surface area contributed by atoms with Crippen LogP contribution >= 0.6 is 11.8 Å². The summed E-state index contributed by atoms with van der Waals surface area (Å²) in [4.78, 5) is 19.5. The number of fused-ring (bicyclic) bond motifs is 1. The van der Waals surface area contributed by atoms with Crippen LogP contribution in [0, 0.1) is 13.8 Å². The lowest BCUT2D eigenvalue weighted by molar-refractivity contribution is -0.130. The summed E-state index contributed by atoms with van der Waals surface area (Å²) in [6.45, 7) is 4.11. The van der Waals surface area contributed by atoms with Crippen LogP contribution in [-0.4, -0.2) is 53.6 Å². The Labute approximate surface area is 164 Å². The quantitative estimate of drug-likeness (QED) is 0.716. The minimum absolute atomic E-state index is 0.0360. The summed E-state index contributed by atoms with van der Waals surface area (Å²) in [5, 5.41) is 1.99. The second-order valence-electron chi connectivity index (χ2n) is 7.63. The van der Waals surface area contributed by atoms with Gasteiger partial charge in [0.15, 0.2) is 9.84 Å². The van der Waals surface area contributed by atoms with E-state index >= 15 is 0 Å². The summed E-state index contributed by atoms with van der Waals surface area (Å²) >= 11 is 1.45. The molecule has 1 saturated carbocycles. The first-order valence-corrected chi connectivity index (χ1v) is 12.2. The number of pyridine rings is 1. The molecule has 1 amide bonds. The lowest BCUT2D eigenvalue weighted by Gasteiger charge is -2.28. The van der Waals surface area contributed by atoms with Gasteiger partial charge in [0.05, 0.1) is 27.8 Å². The molecule has 0 spiro atoms. The van der Waals surface area contributed by atoms with Gasteiger partial charge in [-0.15, -0.1) is 0 Å². The first kappa shape index (κ1) is 18.7. The minimum atomic E-state index is -2.99. The van der Waals surface area contributed by atoms with Crippen molar-refractivity contribution in [3.05, 3.63) is 35.4 Å². The smallest absolute Gasteiger partial charge is 0.233 e. The Hall–Kier alpha value is -1.60. The first-order valence-electron chi connectivity index (χ1n) is 9.35. The van der Waals surface area contributed by atoms with Crippen molar-refractivity contribution in [2.24, 2.45) is 0 Å². The van der Waals surface area contributed by atoms with Crippen LogP contribution in [-0.2, 0) is 14.6 Å². The molecule has 2 heterocycles. The molecule has 2 fully saturated rings. The summed E-state index contributed by atoms with van der Waals surface area (Å²) < 4.78 is 23.7. The number of sulfone groups is 1. The van der Waals surface area contributed by atoms with E-state index in [-0.39, 0.29) is 29.5 Å². The average molecular weight is 405 g/mol. The molecule has 144 valence electrons. The van der Waals surface area contributed by atoms with Crippen molar-refractivity contribution in [3.63, 3.8) is 0 Å². The number of nitrogens with zero attached hydrogens (tertiary/aromatic N) is 2. The van der Waals surface area contributed by atoms with Gasteiger partial charge in [-0.3, -0.25) is 4.79 Å². The average Bonchev–Trinajstić information content (AvgIpc) is 3.37. The van der Waals surface area contributed by atoms with Gasteiger partial charge in [-0.1, -0.05) is 30.0 Å². The number of hydrogen-bond acceptors (Lipinski definition) is 5. The summed E-state index contributed by atoms with van der Waals surface area (Å²) in [5.74, 6) is 0.656. The van der Waals surface area contributed by atoms with Gasteiger partial charge >= 0.3 is 0 Å². The van der Waals surface area contributed by atoms with E-state index in [0.717, 1.165) is 39.9 Å². The fourth-order valence-electron chi connectivity index (χ4n) is 3.87. The van der Waals surface area contributed by atoms with Crippen LogP contribution in [0.15, 0.2) is 29.3 Å². The second kappa shape index (κ2) is 7.09. The molecule has 0 unspecified atom stereocenters. The topological polar surface area (TPSA) is 67.3 Å². The van der Waals surface area contributed by atoms with Crippen molar-refractivity contribution < 1.29 is 13.2 Å². The van der Waals surface area contributed by atoms with Crippen molar-refractivity contribution in [1.82, 2.24) is 9.88 Å². The molecule has 1 atom stereocenters. The molecule has 7 heteroatoms. The molecule has 5 nitrogen and oxygen atoms in total. The summed E-state index contributed by atoms with van der Waals surface area (Å²) in [6.07, 6.45) is 2.54. The van der Waals surface area contributed by atoms with E-state index in [0.29, 0.717) is 12.2 Å². The van der Waals surface area contributed by atoms with Crippen LogP contribution < -0.4 is 0 Å². The van der Waals surface area contributed by atoms with Gasteiger partial charge < -0.3 is 4.90 Å². The number of rotatable bonds is 5. The molecule has 27 heavy (non-hydrogen) atoms. The third-order valence-electron chi connectivity index (χ3n) is 5.40. The third kappa shape index (κ3) is 3.99. The number of aromatic nitrogens is 1. The zero-order chi connectivity index (χ0) is 19.2. The third-order valence-corrected chi connectivity index (χ3v) is 8.04. The molecule has 1 aliphatic carbocycles. The van der Waals surface area contributed by atoms with E-state index < -0.39 is 9.84 Å². The molecular weight excluding hydrogens is 380 g/mol. The highest BCUT2D eigenvalue weighted by atomic mass is 32.2. The molecule has 0 N–H and O–H groups in total.